The molecule has 2 rings (SSSR count). The van der Waals surface area contributed by atoms with Crippen LogP contribution < -0.4 is 5.32 Å². The molecule has 0 aliphatic heterocycles. The van der Waals surface area contributed by atoms with Gasteiger partial charge in [0.05, 0.1) is 18.4 Å². The molecule has 0 aliphatic carbocycles. The molecule has 1 aromatic carbocycles. The minimum absolute atomic E-state index is 0.0187. The molecule has 1 atom stereocenters. The molecule has 1 unspecified atom stereocenters. The van der Waals surface area contributed by atoms with E-state index < -0.39 is 5.54 Å². The normalized spacial score (nSPS) is 13.6. The molecule has 1 heterocycles. The summed E-state index contributed by atoms with van der Waals surface area (Å²) in [6.45, 7) is 2.39. The van der Waals surface area contributed by atoms with Gasteiger partial charge in [-0.05, 0) is 24.6 Å². The number of methoxy groups -OCH3 is 1. The monoisotopic (exact) mass is 287 g/mol. The molecule has 21 heavy (non-hydrogen) atoms. The van der Waals surface area contributed by atoms with Gasteiger partial charge in [0, 0.05) is 20.0 Å². The Labute approximate surface area is 125 Å². The van der Waals surface area contributed by atoms with Crippen molar-refractivity contribution < 1.29 is 13.9 Å². The predicted molar refractivity (Wildman–Crippen MR) is 80.8 cm³/mol. The van der Waals surface area contributed by atoms with E-state index >= 15 is 0 Å². The highest BCUT2D eigenvalue weighted by Crippen LogP contribution is 2.21. The molecule has 1 aromatic heterocycles. The highest BCUT2D eigenvalue weighted by atomic mass is 16.5. The third kappa shape index (κ3) is 4.20. The molecule has 0 saturated carbocycles. The first-order valence-corrected chi connectivity index (χ1v) is 7.02. The number of benzene rings is 1. The number of aryl methyl sites for hydroxylation is 1. The van der Waals surface area contributed by atoms with Gasteiger partial charge in [-0.15, -0.1) is 0 Å². The molecular weight excluding hydrogens is 266 g/mol. The van der Waals surface area contributed by atoms with Crippen molar-refractivity contribution in [3.63, 3.8) is 0 Å². The van der Waals surface area contributed by atoms with Crippen LogP contribution in [-0.2, 0) is 21.5 Å². The number of hydrogen-bond donors (Lipinski definition) is 1. The van der Waals surface area contributed by atoms with E-state index in [4.69, 9.17) is 9.15 Å². The summed E-state index contributed by atoms with van der Waals surface area (Å²) >= 11 is 0. The maximum atomic E-state index is 12.2. The van der Waals surface area contributed by atoms with E-state index in [2.05, 4.69) is 5.32 Å². The van der Waals surface area contributed by atoms with Gasteiger partial charge >= 0.3 is 0 Å². The predicted octanol–water partition coefficient (Wildman–Crippen LogP) is 2.89. The number of carbonyl (C=O) groups excluding carboxylic acids is 1. The lowest BCUT2D eigenvalue weighted by molar-refractivity contribution is -0.123. The van der Waals surface area contributed by atoms with Gasteiger partial charge in [-0.2, -0.15) is 0 Å². The van der Waals surface area contributed by atoms with Crippen LogP contribution in [0, 0.1) is 0 Å². The summed E-state index contributed by atoms with van der Waals surface area (Å²) in [6, 6.07) is 13.6. The van der Waals surface area contributed by atoms with E-state index in [1.807, 2.05) is 49.4 Å². The van der Waals surface area contributed by atoms with Crippen molar-refractivity contribution in [2.75, 3.05) is 13.7 Å². The molecule has 0 radical (unpaired) electrons. The molecule has 1 amide bonds. The Bertz CT molecular complexity index is 551. The number of ether oxygens (including phenoxy) is 1. The van der Waals surface area contributed by atoms with Gasteiger partial charge in [0.15, 0.2) is 0 Å². The van der Waals surface area contributed by atoms with E-state index in [0.29, 0.717) is 19.4 Å². The van der Waals surface area contributed by atoms with Gasteiger partial charge in [-0.3, -0.25) is 4.79 Å². The zero-order chi connectivity index (χ0) is 15.1. The Morgan fingerprint density at radius 3 is 2.62 bits per heavy atom. The fourth-order valence-electron chi connectivity index (χ4n) is 2.35. The van der Waals surface area contributed by atoms with Gasteiger partial charge in [0.1, 0.15) is 5.76 Å². The quantitative estimate of drug-likeness (QED) is 0.852. The maximum absolute atomic E-state index is 12.2. The summed E-state index contributed by atoms with van der Waals surface area (Å²) in [4.78, 5) is 12.2. The van der Waals surface area contributed by atoms with Crippen molar-refractivity contribution in [2.45, 2.75) is 25.3 Å². The Morgan fingerprint density at radius 1 is 1.24 bits per heavy atom. The first kappa shape index (κ1) is 15.3. The number of hydrogen-bond acceptors (Lipinski definition) is 3. The van der Waals surface area contributed by atoms with Crippen LogP contribution in [0.2, 0.25) is 0 Å². The van der Waals surface area contributed by atoms with E-state index in [1.54, 1.807) is 13.4 Å². The lowest BCUT2D eigenvalue weighted by Gasteiger charge is -2.30. The fourth-order valence-corrected chi connectivity index (χ4v) is 2.35. The standard InChI is InChI=1S/C17H21NO3/c1-17(13-20-2,14-7-4-3-5-8-14)18-16(19)11-10-15-9-6-12-21-15/h3-9,12H,10-11,13H2,1-2H3,(H,18,19). The van der Waals surface area contributed by atoms with Gasteiger partial charge < -0.3 is 14.5 Å². The number of nitrogens with one attached hydrogen (secondary N) is 1. The first-order valence-electron chi connectivity index (χ1n) is 7.02. The highest BCUT2D eigenvalue weighted by molar-refractivity contribution is 5.77. The van der Waals surface area contributed by atoms with Crippen LogP contribution in [0.4, 0.5) is 0 Å². The second kappa shape index (κ2) is 7.09. The highest BCUT2D eigenvalue weighted by Gasteiger charge is 2.28. The third-order valence-electron chi connectivity index (χ3n) is 3.44. The van der Waals surface area contributed by atoms with Gasteiger partial charge in [0.25, 0.3) is 0 Å². The summed E-state index contributed by atoms with van der Waals surface area (Å²) < 4.78 is 10.5. The molecule has 112 valence electrons. The zero-order valence-corrected chi connectivity index (χ0v) is 12.5. The average molecular weight is 287 g/mol. The largest absolute Gasteiger partial charge is 0.469 e. The van der Waals surface area contributed by atoms with Crippen LogP contribution in [0.5, 0.6) is 0 Å². The number of rotatable bonds is 7. The Kier molecular flexibility index (Phi) is 5.17. The lowest BCUT2D eigenvalue weighted by atomic mass is 9.92. The van der Waals surface area contributed by atoms with Crippen LogP contribution in [-0.4, -0.2) is 19.6 Å². The number of carbonyl (C=O) groups is 1. The molecular formula is C17H21NO3. The smallest absolute Gasteiger partial charge is 0.221 e. The average Bonchev–Trinajstić information content (AvgIpc) is 3.00. The topological polar surface area (TPSA) is 51.5 Å². The van der Waals surface area contributed by atoms with Crippen LogP contribution >= 0.6 is 0 Å². The van der Waals surface area contributed by atoms with Crippen LogP contribution in [0.3, 0.4) is 0 Å². The molecule has 2 aromatic rings. The van der Waals surface area contributed by atoms with Crippen molar-refractivity contribution in [3.8, 4) is 0 Å². The molecule has 0 saturated heterocycles. The number of furan rings is 1. The summed E-state index contributed by atoms with van der Waals surface area (Å²) in [5, 5.41) is 3.07. The summed E-state index contributed by atoms with van der Waals surface area (Å²) in [7, 11) is 1.64. The van der Waals surface area contributed by atoms with E-state index in [-0.39, 0.29) is 5.91 Å². The number of amides is 1. The minimum atomic E-state index is -0.531. The van der Waals surface area contributed by atoms with Crippen LogP contribution in [0.15, 0.2) is 53.1 Å². The molecule has 1 N–H and O–H groups in total. The third-order valence-corrected chi connectivity index (χ3v) is 3.44. The zero-order valence-electron chi connectivity index (χ0n) is 12.5. The molecule has 0 spiro atoms. The molecule has 4 nitrogen and oxygen atoms in total. The molecule has 4 heteroatoms. The molecule has 0 fully saturated rings. The van der Waals surface area contributed by atoms with Crippen LogP contribution in [0.25, 0.3) is 0 Å². The van der Waals surface area contributed by atoms with Gasteiger partial charge in [-0.1, -0.05) is 30.3 Å². The van der Waals surface area contributed by atoms with Crippen molar-refractivity contribution in [1.29, 1.82) is 0 Å². The van der Waals surface area contributed by atoms with Gasteiger partial charge in [-0.25, -0.2) is 0 Å². The van der Waals surface area contributed by atoms with E-state index in [1.165, 1.54) is 0 Å². The Balaban J connectivity index is 2.00. The molecule has 0 aliphatic rings. The van der Waals surface area contributed by atoms with Crippen molar-refractivity contribution in [2.24, 2.45) is 0 Å². The van der Waals surface area contributed by atoms with Gasteiger partial charge in [0.2, 0.25) is 5.91 Å². The van der Waals surface area contributed by atoms with E-state index in [0.717, 1.165) is 11.3 Å². The second-order valence-corrected chi connectivity index (χ2v) is 5.26. The van der Waals surface area contributed by atoms with Crippen LogP contribution in [0.1, 0.15) is 24.7 Å². The Morgan fingerprint density at radius 2 is 2.00 bits per heavy atom. The first-order chi connectivity index (χ1) is 10.1. The minimum Gasteiger partial charge on any atom is -0.469 e. The second-order valence-electron chi connectivity index (χ2n) is 5.26. The van der Waals surface area contributed by atoms with Crippen molar-refractivity contribution >= 4 is 5.91 Å². The molecule has 0 bridgehead atoms. The SMILES string of the molecule is COCC(C)(NC(=O)CCc1ccco1)c1ccccc1. The fraction of sp³-hybridized carbons (Fsp3) is 0.353. The van der Waals surface area contributed by atoms with Crippen molar-refractivity contribution in [1.82, 2.24) is 5.32 Å². The summed E-state index contributed by atoms with van der Waals surface area (Å²) in [6.07, 6.45) is 2.60. The summed E-state index contributed by atoms with van der Waals surface area (Å²) in [5.74, 6) is 0.799. The summed E-state index contributed by atoms with van der Waals surface area (Å²) in [5.41, 5.74) is 0.495. The van der Waals surface area contributed by atoms with Crippen molar-refractivity contribution in [3.05, 3.63) is 60.1 Å². The lowest BCUT2D eigenvalue weighted by Crippen LogP contribution is -2.46. The Hall–Kier alpha value is -2.07. The maximum Gasteiger partial charge on any atom is 0.221 e. The van der Waals surface area contributed by atoms with E-state index in [9.17, 15) is 4.79 Å².